The van der Waals surface area contributed by atoms with Crippen LogP contribution in [0.15, 0.2) is 18.2 Å². The molecule has 1 aliphatic heterocycles. The molecule has 0 aromatic heterocycles. The molecule has 1 heterocycles. The van der Waals surface area contributed by atoms with E-state index in [1.807, 2.05) is 25.1 Å². The Morgan fingerprint density at radius 2 is 2.38 bits per heavy atom. The number of carbonyl (C=O) groups is 1. The molecule has 0 radical (unpaired) electrons. The monoisotopic (exact) mass is 292 g/mol. The Labute approximate surface area is 125 Å². The Kier molecular flexibility index (Phi) is 5.59. The Morgan fingerprint density at radius 3 is 3.05 bits per heavy atom. The standard InChI is InChI=1S/C16H24N2O3/c1-11-5-6-14(18-16(19)12(2)9-17)15(8-11)21-10-13-4-3-7-20-13/h5-6,8,12-13H,3-4,7,9-10,17H2,1-2H3,(H,18,19). The average Bonchev–Trinajstić information content (AvgIpc) is 2.99. The summed E-state index contributed by atoms with van der Waals surface area (Å²) < 4.78 is 11.4. The molecule has 1 saturated heterocycles. The lowest BCUT2D eigenvalue weighted by Gasteiger charge is -2.17. The van der Waals surface area contributed by atoms with Crippen LogP contribution in [0.2, 0.25) is 0 Å². The first-order chi connectivity index (χ1) is 10.1. The van der Waals surface area contributed by atoms with Gasteiger partial charge in [-0.15, -0.1) is 0 Å². The Hall–Kier alpha value is -1.59. The van der Waals surface area contributed by atoms with Crippen LogP contribution in [-0.4, -0.2) is 31.8 Å². The third-order valence-electron chi connectivity index (χ3n) is 3.64. The number of ether oxygens (including phenoxy) is 2. The molecule has 116 valence electrons. The predicted octanol–water partition coefficient (Wildman–Crippen LogP) is 2.09. The first-order valence-corrected chi connectivity index (χ1v) is 7.46. The van der Waals surface area contributed by atoms with Gasteiger partial charge in [0.1, 0.15) is 12.4 Å². The van der Waals surface area contributed by atoms with Crippen molar-refractivity contribution in [2.45, 2.75) is 32.8 Å². The molecule has 0 spiro atoms. The van der Waals surface area contributed by atoms with Crippen LogP contribution in [0, 0.1) is 12.8 Å². The van der Waals surface area contributed by atoms with Crippen molar-refractivity contribution in [3.63, 3.8) is 0 Å². The van der Waals surface area contributed by atoms with E-state index in [4.69, 9.17) is 15.2 Å². The molecule has 2 rings (SSSR count). The molecule has 0 bridgehead atoms. The van der Waals surface area contributed by atoms with E-state index in [2.05, 4.69) is 5.32 Å². The number of hydrogen-bond acceptors (Lipinski definition) is 4. The quantitative estimate of drug-likeness (QED) is 0.842. The van der Waals surface area contributed by atoms with Gasteiger partial charge in [-0.25, -0.2) is 0 Å². The highest BCUT2D eigenvalue weighted by Gasteiger charge is 2.18. The lowest BCUT2D eigenvalue weighted by Crippen LogP contribution is -2.27. The van der Waals surface area contributed by atoms with Crippen LogP contribution in [0.5, 0.6) is 5.75 Å². The van der Waals surface area contributed by atoms with Crippen molar-refractivity contribution >= 4 is 11.6 Å². The van der Waals surface area contributed by atoms with Gasteiger partial charge in [-0.1, -0.05) is 13.0 Å². The maximum Gasteiger partial charge on any atom is 0.228 e. The number of rotatable bonds is 6. The van der Waals surface area contributed by atoms with Crippen molar-refractivity contribution in [2.24, 2.45) is 11.7 Å². The minimum atomic E-state index is -0.225. The maximum atomic E-state index is 12.0. The summed E-state index contributed by atoms with van der Waals surface area (Å²) in [5, 5.41) is 2.88. The molecular formula is C16H24N2O3. The van der Waals surface area contributed by atoms with Gasteiger partial charge in [0.05, 0.1) is 11.8 Å². The average molecular weight is 292 g/mol. The van der Waals surface area contributed by atoms with Gasteiger partial charge in [0.25, 0.3) is 0 Å². The Bertz CT molecular complexity index is 484. The number of nitrogens with one attached hydrogen (secondary N) is 1. The van der Waals surface area contributed by atoms with Crippen LogP contribution in [0.1, 0.15) is 25.3 Å². The van der Waals surface area contributed by atoms with E-state index < -0.39 is 0 Å². The van der Waals surface area contributed by atoms with Crippen LogP contribution in [0.25, 0.3) is 0 Å². The van der Waals surface area contributed by atoms with E-state index in [0.29, 0.717) is 24.6 Å². The maximum absolute atomic E-state index is 12.0. The second-order valence-corrected chi connectivity index (χ2v) is 5.57. The molecule has 1 aromatic carbocycles. The van der Waals surface area contributed by atoms with E-state index in [1.165, 1.54) is 0 Å². The minimum absolute atomic E-state index is 0.0941. The Morgan fingerprint density at radius 1 is 1.57 bits per heavy atom. The fourth-order valence-corrected chi connectivity index (χ4v) is 2.17. The number of aryl methyl sites for hydroxylation is 1. The third-order valence-corrected chi connectivity index (χ3v) is 3.64. The van der Waals surface area contributed by atoms with Crippen molar-refractivity contribution in [3.8, 4) is 5.75 Å². The number of hydrogen-bond donors (Lipinski definition) is 2. The number of amides is 1. The Balaban J connectivity index is 2.03. The second-order valence-electron chi connectivity index (χ2n) is 5.57. The SMILES string of the molecule is Cc1ccc(NC(=O)C(C)CN)c(OCC2CCCO2)c1. The fourth-order valence-electron chi connectivity index (χ4n) is 2.17. The van der Waals surface area contributed by atoms with Gasteiger partial charge in [0, 0.05) is 19.1 Å². The zero-order valence-corrected chi connectivity index (χ0v) is 12.7. The molecule has 0 saturated carbocycles. The summed E-state index contributed by atoms with van der Waals surface area (Å²) in [4.78, 5) is 12.0. The molecular weight excluding hydrogens is 268 g/mol. The zero-order valence-electron chi connectivity index (χ0n) is 12.7. The van der Waals surface area contributed by atoms with E-state index >= 15 is 0 Å². The summed E-state index contributed by atoms with van der Waals surface area (Å²) in [6.45, 7) is 5.44. The zero-order chi connectivity index (χ0) is 15.2. The smallest absolute Gasteiger partial charge is 0.228 e. The summed E-state index contributed by atoms with van der Waals surface area (Å²) in [6, 6.07) is 5.74. The molecule has 1 amide bonds. The van der Waals surface area contributed by atoms with E-state index in [9.17, 15) is 4.79 Å². The third kappa shape index (κ3) is 4.44. The van der Waals surface area contributed by atoms with Gasteiger partial charge in [-0.3, -0.25) is 4.79 Å². The highest BCUT2D eigenvalue weighted by Crippen LogP contribution is 2.27. The molecule has 0 aliphatic carbocycles. The van der Waals surface area contributed by atoms with Gasteiger partial charge < -0.3 is 20.5 Å². The molecule has 5 nitrogen and oxygen atoms in total. The number of nitrogens with two attached hydrogens (primary N) is 1. The summed E-state index contributed by atoms with van der Waals surface area (Å²) >= 11 is 0. The van der Waals surface area contributed by atoms with Crippen molar-refractivity contribution in [1.29, 1.82) is 0 Å². The number of carbonyl (C=O) groups excluding carboxylic acids is 1. The first-order valence-electron chi connectivity index (χ1n) is 7.46. The molecule has 3 N–H and O–H groups in total. The topological polar surface area (TPSA) is 73.6 Å². The van der Waals surface area contributed by atoms with E-state index in [0.717, 1.165) is 25.0 Å². The number of benzene rings is 1. The van der Waals surface area contributed by atoms with Gasteiger partial charge >= 0.3 is 0 Å². The predicted molar refractivity (Wildman–Crippen MR) is 82.5 cm³/mol. The summed E-state index contributed by atoms with van der Waals surface area (Å²) in [6.07, 6.45) is 2.26. The van der Waals surface area contributed by atoms with Gasteiger partial charge in [0.15, 0.2) is 0 Å². The molecule has 1 aromatic rings. The molecule has 2 unspecified atom stereocenters. The van der Waals surface area contributed by atoms with Gasteiger partial charge in [-0.05, 0) is 37.5 Å². The lowest BCUT2D eigenvalue weighted by molar-refractivity contribution is -0.119. The minimum Gasteiger partial charge on any atom is -0.489 e. The first kappa shape index (κ1) is 15.8. The second kappa shape index (κ2) is 7.43. The summed E-state index contributed by atoms with van der Waals surface area (Å²) in [5.74, 6) is 0.365. The number of anilines is 1. The van der Waals surface area contributed by atoms with Gasteiger partial charge in [0.2, 0.25) is 5.91 Å². The normalized spacial score (nSPS) is 19.3. The van der Waals surface area contributed by atoms with Crippen molar-refractivity contribution in [2.75, 3.05) is 25.1 Å². The van der Waals surface area contributed by atoms with Crippen molar-refractivity contribution in [1.82, 2.24) is 0 Å². The molecule has 1 fully saturated rings. The van der Waals surface area contributed by atoms with E-state index in [-0.39, 0.29) is 17.9 Å². The highest BCUT2D eigenvalue weighted by atomic mass is 16.5. The van der Waals surface area contributed by atoms with Crippen LogP contribution in [0.4, 0.5) is 5.69 Å². The van der Waals surface area contributed by atoms with Crippen molar-refractivity contribution < 1.29 is 14.3 Å². The molecule has 21 heavy (non-hydrogen) atoms. The summed E-state index contributed by atoms with van der Waals surface area (Å²) in [5.41, 5.74) is 7.29. The van der Waals surface area contributed by atoms with Crippen LogP contribution in [-0.2, 0) is 9.53 Å². The molecule has 1 aliphatic rings. The lowest BCUT2D eigenvalue weighted by atomic mass is 10.1. The largest absolute Gasteiger partial charge is 0.489 e. The van der Waals surface area contributed by atoms with E-state index in [1.54, 1.807) is 6.92 Å². The van der Waals surface area contributed by atoms with Gasteiger partial charge in [-0.2, -0.15) is 0 Å². The van der Waals surface area contributed by atoms with Crippen LogP contribution in [0.3, 0.4) is 0 Å². The van der Waals surface area contributed by atoms with Crippen LogP contribution < -0.4 is 15.8 Å². The molecule has 5 heteroatoms. The van der Waals surface area contributed by atoms with Crippen LogP contribution >= 0.6 is 0 Å². The summed E-state index contributed by atoms with van der Waals surface area (Å²) in [7, 11) is 0. The van der Waals surface area contributed by atoms with Crippen molar-refractivity contribution in [3.05, 3.63) is 23.8 Å². The fraction of sp³-hybridized carbons (Fsp3) is 0.562. The molecule has 2 atom stereocenters. The highest BCUT2D eigenvalue weighted by molar-refractivity contribution is 5.93.